The van der Waals surface area contributed by atoms with E-state index in [0.29, 0.717) is 31.6 Å². The maximum atomic E-state index is 12.2. The second-order valence-electron chi connectivity index (χ2n) is 9.29. The van der Waals surface area contributed by atoms with Gasteiger partial charge in [0.2, 0.25) is 0 Å². The molecular weight excluding hydrogens is 300 g/mol. The van der Waals surface area contributed by atoms with Gasteiger partial charge in [0.25, 0.3) is 0 Å². The molecule has 3 saturated carbocycles. The molecule has 3 heteroatoms. The monoisotopic (exact) mass is 334 g/mol. The van der Waals surface area contributed by atoms with Gasteiger partial charge in [0.15, 0.2) is 0 Å². The summed E-state index contributed by atoms with van der Waals surface area (Å²) in [5, 5.41) is 21.6. The smallest absolute Gasteiger partial charge is 0.133 e. The lowest BCUT2D eigenvalue weighted by molar-refractivity contribution is -0.140. The molecule has 2 N–H and O–H groups in total. The van der Waals surface area contributed by atoms with Crippen molar-refractivity contribution in [3.63, 3.8) is 0 Å². The van der Waals surface area contributed by atoms with Crippen LogP contribution in [0.1, 0.15) is 68.5 Å². The summed E-state index contributed by atoms with van der Waals surface area (Å²) in [5.41, 5.74) is 0.427. The van der Waals surface area contributed by atoms with Gasteiger partial charge in [-0.25, -0.2) is 0 Å². The maximum absolute atomic E-state index is 12.2. The van der Waals surface area contributed by atoms with Crippen LogP contribution in [0.2, 0.25) is 0 Å². The molecule has 0 aromatic heterocycles. The Balaban J connectivity index is 1.77. The SMILES string of the molecule is [2H][C@]1(O)CC[C@@]2(C)C(=CCC3C2[C@@]([2H])(O)C[C@@]2(C)C3CC[C@@H]2C(C)=O)C1. The van der Waals surface area contributed by atoms with E-state index >= 15 is 0 Å². The molecule has 0 saturated heterocycles. The molecular formula is C21H32O3. The minimum atomic E-state index is -1.57. The predicted molar refractivity (Wildman–Crippen MR) is 93.3 cm³/mol. The van der Waals surface area contributed by atoms with Gasteiger partial charge < -0.3 is 10.2 Å². The quantitative estimate of drug-likeness (QED) is 0.722. The minimum Gasteiger partial charge on any atom is -0.393 e. The Hall–Kier alpha value is -0.670. The van der Waals surface area contributed by atoms with Crippen LogP contribution in [0.5, 0.6) is 0 Å². The molecule has 0 radical (unpaired) electrons. The Kier molecular flexibility index (Phi) is 3.27. The highest BCUT2D eigenvalue weighted by Gasteiger charge is 2.62. The number of carbonyl (C=O) groups excluding carboxylic acids is 1. The van der Waals surface area contributed by atoms with Crippen LogP contribution in [0.25, 0.3) is 0 Å². The van der Waals surface area contributed by atoms with Crippen LogP contribution in [0.3, 0.4) is 0 Å². The number of aliphatic hydroxyl groups is 2. The Bertz CT molecular complexity index is 670. The van der Waals surface area contributed by atoms with E-state index in [2.05, 4.69) is 19.9 Å². The molecule has 3 unspecified atom stereocenters. The molecule has 4 aliphatic rings. The van der Waals surface area contributed by atoms with Crippen molar-refractivity contribution in [3.8, 4) is 0 Å². The lowest BCUT2D eigenvalue weighted by atomic mass is 9.46. The number of hydrogen-bond donors (Lipinski definition) is 2. The highest BCUT2D eigenvalue weighted by molar-refractivity contribution is 5.79. The van der Waals surface area contributed by atoms with Crippen LogP contribution in [0, 0.1) is 34.5 Å². The minimum absolute atomic E-state index is 0.0480. The standard InChI is InChI=1S/C21H32O3/c1-12(22)16-6-7-17-15-5-4-13-10-14(23)8-9-20(13,2)19(15)18(24)11-21(16,17)3/h4,14-19,23-24H,5-11H2,1-3H3/t14-,15?,16+,17?,18-,19?,20-,21+/m0/s1/i14D,18D. The summed E-state index contributed by atoms with van der Waals surface area (Å²) in [7, 11) is 0. The van der Waals surface area contributed by atoms with Gasteiger partial charge >= 0.3 is 0 Å². The van der Waals surface area contributed by atoms with E-state index in [1.165, 1.54) is 0 Å². The fourth-order valence-corrected chi connectivity index (χ4v) is 7.02. The summed E-state index contributed by atoms with van der Waals surface area (Å²) >= 11 is 0. The number of carbonyl (C=O) groups is 1. The van der Waals surface area contributed by atoms with Crippen molar-refractivity contribution in [2.75, 3.05) is 0 Å². The Morgan fingerprint density at radius 2 is 2.04 bits per heavy atom. The molecule has 3 nitrogen and oxygen atoms in total. The van der Waals surface area contributed by atoms with E-state index in [1.54, 1.807) is 6.92 Å². The second-order valence-corrected chi connectivity index (χ2v) is 9.29. The molecule has 4 aliphatic carbocycles. The topological polar surface area (TPSA) is 57.5 Å². The van der Waals surface area contributed by atoms with Crippen molar-refractivity contribution < 1.29 is 17.7 Å². The highest BCUT2D eigenvalue weighted by atomic mass is 16.3. The molecule has 3 fully saturated rings. The van der Waals surface area contributed by atoms with Gasteiger partial charge in [0.1, 0.15) is 5.78 Å². The first-order valence-electron chi connectivity index (χ1n) is 10.6. The van der Waals surface area contributed by atoms with Crippen LogP contribution in [0.15, 0.2) is 11.6 Å². The third-order valence-corrected chi connectivity index (χ3v) is 8.15. The number of fused-ring (bicyclic) bond motifs is 5. The summed E-state index contributed by atoms with van der Waals surface area (Å²) < 4.78 is 17.0. The number of allylic oxidation sites excluding steroid dienone is 1. The van der Waals surface area contributed by atoms with Gasteiger partial charge in [-0.1, -0.05) is 25.5 Å². The molecule has 0 spiro atoms. The van der Waals surface area contributed by atoms with E-state index in [0.717, 1.165) is 24.8 Å². The van der Waals surface area contributed by atoms with Crippen LogP contribution >= 0.6 is 0 Å². The van der Waals surface area contributed by atoms with Crippen molar-refractivity contribution in [1.29, 1.82) is 0 Å². The summed E-state index contributed by atoms with van der Waals surface area (Å²) in [6.07, 6.45) is 3.55. The number of ketones is 1. The largest absolute Gasteiger partial charge is 0.393 e. The van der Waals surface area contributed by atoms with E-state index in [-0.39, 0.29) is 34.4 Å². The van der Waals surface area contributed by atoms with E-state index < -0.39 is 12.2 Å². The van der Waals surface area contributed by atoms with Gasteiger partial charge in [-0.2, -0.15) is 0 Å². The zero-order valence-corrected chi connectivity index (χ0v) is 15.1. The average Bonchev–Trinajstić information content (AvgIpc) is 2.83. The lowest BCUT2D eigenvalue weighted by Gasteiger charge is -2.59. The molecule has 0 aliphatic heterocycles. The first-order chi connectivity index (χ1) is 11.9. The fraction of sp³-hybridized carbons (Fsp3) is 0.857. The van der Waals surface area contributed by atoms with E-state index in [1.807, 2.05) is 0 Å². The Morgan fingerprint density at radius 3 is 2.75 bits per heavy atom. The van der Waals surface area contributed by atoms with Crippen molar-refractivity contribution in [2.45, 2.75) is 77.9 Å². The third-order valence-electron chi connectivity index (χ3n) is 8.15. The molecule has 4 rings (SSSR count). The van der Waals surface area contributed by atoms with Crippen molar-refractivity contribution in [3.05, 3.63) is 11.6 Å². The average molecular weight is 334 g/mol. The van der Waals surface area contributed by atoms with Gasteiger partial charge in [-0.3, -0.25) is 4.79 Å². The Morgan fingerprint density at radius 1 is 1.29 bits per heavy atom. The third kappa shape index (κ3) is 2.13. The Labute approximate surface area is 148 Å². The summed E-state index contributed by atoms with van der Waals surface area (Å²) in [6.45, 7) is 5.91. The molecule has 8 atom stereocenters. The van der Waals surface area contributed by atoms with Crippen LogP contribution < -0.4 is 0 Å². The van der Waals surface area contributed by atoms with Gasteiger partial charge in [0.05, 0.1) is 14.9 Å². The fourth-order valence-electron chi connectivity index (χ4n) is 7.02. The van der Waals surface area contributed by atoms with E-state index in [9.17, 15) is 15.0 Å². The van der Waals surface area contributed by atoms with Gasteiger partial charge in [-0.15, -0.1) is 0 Å². The maximum Gasteiger partial charge on any atom is 0.133 e. The summed E-state index contributed by atoms with van der Waals surface area (Å²) in [5.74, 6) is 0.521. The molecule has 0 aromatic carbocycles. The van der Waals surface area contributed by atoms with Crippen molar-refractivity contribution in [2.24, 2.45) is 34.5 Å². The summed E-state index contributed by atoms with van der Waals surface area (Å²) in [4.78, 5) is 12.2. The molecule has 24 heavy (non-hydrogen) atoms. The zero-order valence-electron chi connectivity index (χ0n) is 17.1. The van der Waals surface area contributed by atoms with Crippen LogP contribution in [-0.2, 0) is 4.79 Å². The molecule has 0 aromatic rings. The zero-order chi connectivity index (χ0) is 19.1. The summed E-state index contributed by atoms with van der Waals surface area (Å²) in [6, 6.07) is 0. The molecule has 0 heterocycles. The number of Topliss-reactive ketones (excluding diaryl/α,β-unsaturated/α-hetero) is 1. The molecule has 0 bridgehead atoms. The second kappa shape index (κ2) is 5.41. The van der Waals surface area contributed by atoms with Crippen molar-refractivity contribution >= 4 is 5.78 Å². The van der Waals surface area contributed by atoms with Crippen LogP contribution in [-0.4, -0.2) is 28.2 Å². The normalized spacial score (nSPS) is 61.0. The van der Waals surface area contributed by atoms with E-state index in [4.69, 9.17) is 2.74 Å². The van der Waals surface area contributed by atoms with Gasteiger partial charge in [-0.05, 0) is 80.5 Å². The highest BCUT2D eigenvalue weighted by Crippen LogP contribution is 2.66. The van der Waals surface area contributed by atoms with Crippen LogP contribution in [0.4, 0.5) is 0 Å². The lowest BCUT2D eigenvalue weighted by Crippen LogP contribution is -2.56. The number of hydrogen-bond acceptors (Lipinski definition) is 3. The molecule has 134 valence electrons. The van der Waals surface area contributed by atoms with Crippen molar-refractivity contribution in [1.82, 2.24) is 0 Å². The first-order valence-corrected chi connectivity index (χ1v) is 9.55. The predicted octanol–water partition coefficient (Wildman–Crippen LogP) is 3.49. The number of rotatable bonds is 1. The van der Waals surface area contributed by atoms with Gasteiger partial charge in [0, 0.05) is 5.92 Å². The first kappa shape index (κ1) is 14.5. The molecule has 0 amide bonds.